The lowest BCUT2D eigenvalue weighted by Gasteiger charge is -2.55. The summed E-state index contributed by atoms with van der Waals surface area (Å²) < 4.78 is 23.5. The van der Waals surface area contributed by atoms with Gasteiger partial charge in [-0.05, 0) is 51.2 Å². The van der Waals surface area contributed by atoms with E-state index in [9.17, 15) is 4.79 Å². The van der Waals surface area contributed by atoms with Crippen LogP contribution >= 0.6 is 12.2 Å². The Labute approximate surface area is 187 Å². The van der Waals surface area contributed by atoms with Crippen LogP contribution in [0.25, 0.3) is 0 Å². The van der Waals surface area contributed by atoms with Crippen LogP contribution in [0.1, 0.15) is 32.4 Å². The lowest BCUT2D eigenvalue weighted by atomic mass is 9.79. The molecule has 0 aromatic heterocycles. The first kappa shape index (κ1) is 21.2. The normalized spacial score (nSPS) is 23.9. The summed E-state index contributed by atoms with van der Waals surface area (Å²) in [5.74, 6) is 0.771. The van der Waals surface area contributed by atoms with Gasteiger partial charge in [0.2, 0.25) is 5.72 Å². The molecule has 8 heteroatoms. The lowest BCUT2D eigenvalue weighted by Crippen LogP contribution is -2.71. The minimum atomic E-state index is -1.17. The molecule has 2 aliphatic heterocycles. The van der Waals surface area contributed by atoms with Crippen molar-refractivity contribution in [2.45, 2.75) is 32.5 Å². The summed E-state index contributed by atoms with van der Waals surface area (Å²) in [4.78, 5) is 15.0. The van der Waals surface area contributed by atoms with E-state index in [0.29, 0.717) is 34.7 Å². The third-order valence-electron chi connectivity index (χ3n) is 5.66. The zero-order chi connectivity index (χ0) is 22.2. The molecule has 0 unspecified atom stereocenters. The quantitative estimate of drug-likeness (QED) is 0.535. The van der Waals surface area contributed by atoms with Gasteiger partial charge in [0.25, 0.3) is 0 Å². The van der Waals surface area contributed by atoms with Gasteiger partial charge in [-0.2, -0.15) is 0 Å². The molecule has 4 rings (SSSR count). The monoisotopic (exact) mass is 442 g/mol. The third-order valence-corrected chi connectivity index (χ3v) is 5.96. The van der Waals surface area contributed by atoms with E-state index in [2.05, 4.69) is 5.32 Å². The number of nitrogens with zero attached hydrogens (tertiary/aromatic N) is 1. The van der Waals surface area contributed by atoms with E-state index in [-0.39, 0.29) is 12.6 Å². The van der Waals surface area contributed by atoms with Gasteiger partial charge >= 0.3 is 5.97 Å². The van der Waals surface area contributed by atoms with Gasteiger partial charge in [-0.25, -0.2) is 0 Å². The van der Waals surface area contributed by atoms with Gasteiger partial charge in [0, 0.05) is 5.56 Å². The summed E-state index contributed by atoms with van der Waals surface area (Å²) in [5.41, 5.74) is 0.326. The fourth-order valence-electron chi connectivity index (χ4n) is 4.41. The van der Waals surface area contributed by atoms with E-state index in [1.807, 2.05) is 56.3 Å². The number of benzene rings is 2. The number of carbonyl (C=O) groups is 1. The maximum atomic E-state index is 13.2. The number of rotatable bonds is 6. The summed E-state index contributed by atoms with van der Waals surface area (Å²) in [7, 11) is 1.59. The smallest absolute Gasteiger partial charge is 0.317 e. The number of hydrogen-bond donors (Lipinski definition) is 1. The number of methoxy groups -OCH3 is 1. The Morgan fingerprint density at radius 1 is 1.16 bits per heavy atom. The molecule has 1 fully saturated rings. The maximum absolute atomic E-state index is 13.2. The molecule has 0 saturated carbocycles. The molecule has 1 saturated heterocycles. The van der Waals surface area contributed by atoms with Crippen molar-refractivity contribution < 1.29 is 23.7 Å². The average Bonchev–Trinajstić information content (AvgIpc) is 2.74. The van der Waals surface area contributed by atoms with Crippen LogP contribution in [0.2, 0.25) is 0 Å². The van der Waals surface area contributed by atoms with Crippen molar-refractivity contribution >= 4 is 29.0 Å². The number of fused-ring (bicyclic) bond motifs is 4. The molecule has 2 bridgehead atoms. The van der Waals surface area contributed by atoms with Gasteiger partial charge in [-0.3, -0.25) is 9.69 Å². The van der Waals surface area contributed by atoms with Crippen molar-refractivity contribution in [3.63, 3.8) is 0 Å². The number of anilines is 1. The fraction of sp³-hybridized carbons (Fsp3) is 0.391. The van der Waals surface area contributed by atoms with Crippen molar-refractivity contribution in [1.29, 1.82) is 0 Å². The summed E-state index contributed by atoms with van der Waals surface area (Å²) >= 11 is 5.76. The highest BCUT2D eigenvalue weighted by molar-refractivity contribution is 7.80. The predicted octanol–water partition coefficient (Wildman–Crippen LogP) is 3.82. The van der Waals surface area contributed by atoms with Gasteiger partial charge in [0.15, 0.2) is 16.6 Å². The summed E-state index contributed by atoms with van der Waals surface area (Å²) in [6.07, 6.45) is 0. The first-order chi connectivity index (χ1) is 15.0. The standard InChI is InChI=1S/C23H26N2O5S/c1-5-28-17-13-9-10-14-19-18(21(26)29-6-2)23(3,30-20(14)17)25(22(31)24-19)15-11-7-8-12-16(15)27-4/h7-13,18-19H,5-6H2,1-4H3,(H,24,31)/t18-,19+,23+/m1/s1. The van der Waals surface area contributed by atoms with Crippen molar-refractivity contribution in [1.82, 2.24) is 5.32 Å². The van der Waals surface area contributed by atoms with E-state index in [0.717, 1.165) is 5.56 Å². The van der Waals surface area contributed by atoms with E-state index >= 15 is 0 Å². The second-order valence-corrected chi connectivity index (χ2v) is 7.82. The fourth-order valence-corrected chi connectivity index (χ4v) is 4.82. The van der Waals surface area contributed by atoms with Gasteiger partial charge in [-0.1, -0.05) is 24.3 Å². The minimum absolute atomic E-state index is 0.267. The van der Waals surface area contributed by atoms with Crippen LogP contribution in [0, 0.1) is 5.92 Å². The van der Waals surface area contributed by atoms with E-state index in [1.165, 1.54) is 0 Å². The Hall–Kier alpha value is -3.00. The largest absolute Gasteiger partial charge is 0.495 e. The molecule has 2 aliphatic rings. The van der Waals surface area contributed by atoms with Gasteiger partial charge in [0.1, 0.15) is 11.7 Å². The van der Waals surface area contributed by atoms with Crippen LogP contribution in [0.4, 0.5) is 5.69 Å². The third kappa shape index (κ3) is 3.35. The molecular formula is C23H26N2O5S. The second-order valence-electron chi connectivity index (χ2n) is 7.43. The Balaban J connectivity index is 1.93. The number of ether oxygens (including phenoxy) is 4. The molecule has 0 radical (unpaired) electrons. The van der Waals surface area contributed by atoms with E-state index in [4.69, 9.17) is 31.2 Å². The van der Waals surface area contributed by atoms with Crippen LogP contribution in [-0.4, -0.2) is 37.1 Å². The Bertz CT molecular complexity index is 1010. The molecule has 31 heavy (non-hydrogen) atoms. The molecule has 0 aliphatic carbocycles. The van der Waals surface area contributed by atoms with E-state index < -0.39 is 17.7 Å². The number of para-hydroxylation sites is 3. The number of esters is 1. The summed E-state index contributed by atoms with van der Waals surface area (Å²) in [5, 5.41) is 3.79. The Morgan fingerprint density at radius 2 is 1.90 bits per heavy atom. The van der Waals surface area contributed by atoms with E-state index in [1.54, 1.807) is 18.9 Å². The van der Waals surface area contributed by atoms with Crippen LogP contribution in [0.3, 0.4) is 0 Å². The maximum Gasteiger partial charge on any atom is 0.317 e. The van der Waals surface area contributed by atoms with Crippen LogP contribution < -0.4 is 24.4 Å². The van der Waals surface area contributed by atoms with Crippen LogP contribution in [-0.2, 0) is 9.53 Å². The zero-order valence-corrected chi connectivity index (χ0v) is 18.8. The highest BCUT2D eigenvalue weighted by Crippen LogP contribution is 2.53. The number of thiocarbonyl (C=S) groups is 1. The van der Waals surface area contributed by atoms with Gasteiger partial charge < -0.3 is 24.3 Å². The first-order valence-electron chi connectivity index (χ1n) is 10.3. The molecule has 2 aromatic carbocycles. The molecule has 1 N–H and O–H groups in total. The van der Waals surface area contributed by atoms with Crippen molar-refractivity contribution in [3.8, 4) is 17.2 Å². The summed E-state index contributed by atoms with van der Waals surface area (Å²) in [6.45, 7) is 6.32. The highest BCUT2D eigenvalue weighted by atomic mass is 32.1. The molecule has 2 heterocycles. The van der Waals surface area contributed by atoms with Crippen molar-refractivity contribution in [3.05, 3.63) is 48.0 Å². The molecular weight excluding hydrogens is 416 g/mol. The number of hydrogen-bond acceptors (Lipinski definition) is 6. The first-order valence-corrected chi connectivity index (χ1v) is 10.7. The van der Waals surface area contributed by atoms with Crippen LogP contribution in [0.5, 0.6) is 17.2 Å². The van der Waals surface area contributed by atoms with Gasteiger partial charge in [-0.15, -0.1) is 0 Å². The topological polar surface area (TPSA) is 69.3 Å². The molecule has 0 spiro atoms. The van der Waals surface area contributed by atoms with Crippen LogP contribution in [0.15, 0.2) is 42.5 Å². The van der Waals surface area contributed by atoms with Crippen molar-refractivity contribution in [2.24, 2.45) is 5.92 Å². The SMILES string of the molecule is CCOC(=O)[C@H]1[C@H]2NC(=S)N(c3ccccc3OC)[C@@]1(C)Oc1c(OCC)cccc12. The molecule has 7 nitrogen and oxygen atoms in total. The number of carbonyl (C=O) groups excluding carboxylic acids is 1. The average molecular weight is 443 g/mol. The minimum Gasteiger partial charge on any atom is -0.495 e. The lowest BCUT2D eigenvalue weighted by molar-refractivity contribution is -0.159. The zero-order valence-electron chi connectivity index (χ0n) is 18.0. The highest BCUT2D eigenvalue weighted by Gasteiger charge is 2.60. The van der Waals surface area contributed by atoms with Crippen molar-refractivity contribution in [2.75, 3.05) is 25.2 Å². The predicted molar refractivity (Wildman–Crippen MR) is 121 cm³/mol. The molecule has 3 atom stereocenters. The number of nitrogens with one attached hydrogen (secondary N) is 1. The Morgan fingerprint density at radius 3 is 2.61 bits per heavy atom. The second kappa shape index (κ2) is 8.26. The molecule has 164 valence electrons. The van der Waals surface area contributed by atoms with Gasteiger partial charge in [0.05, 0.1) is 32.1 Å². The summed E-state index contributed by atoms with van der Waals surface area (Å²) in [6, 6.07) is 12.7. The Kier molecular flexibility index (Phi) is 5.66. The molecule has 0 amide bonds. The molecule has 2 aromatic rings.